The van der Waals surface area contributed by atoms with E-state index in [-0.39, 0.29) is 12.1 Å². The Morgan fingerprint density at radius 1 is 1.44 bits per heavy atom. The molecule has 1 saturated heterocycles. The van der Waals surface area contributed by atoms with Crippen molar-refractivity contribution >= 4 is 11.3 Å². The number of hydrogen-bond acceptors (Lipinski definition) is 4. The molecule has 16 heavy (non-hydrogen) atoms. The van der Waals surface area contributed by atoms with Crippen LogP contribution in [-0.4, -0.2) is 32.0 Å². The maximum Gasteiger partial charge on any atom is 0.0963 e. The molecule has 90 valence electrons. The molecule has 1 fully saturated rings. The number of rotatable bonds is 4. The molecule has 0 amide bonds. The van der Waals surface area contributed by atoms with Gasteiger partial charge in [-0.3, -0.25) is 0 Å². The van der Waals surface area contributed by atoms with E-state index in [4.69, 9.17) is 15.2 Å². The Morgan fingerprint density at radius 2 is 2.25 bits per heavy atom. The Kier molecular flexibility index (Phi) is 4.35. The maximum absolute atomic E-state index is 6.13. The van der Waals surface area contributed by atoms with E-state index in [1.54, 1.807) is 0 Å². The summed E-state index contributed by atoms with van der Waals surface area (Å²) in [6.07, 6.45) is 2.04. The Bertz CT molecular complexity index is 321. The van der Waals surface area contributed by atoms with Crippen molar-refractivity contribution in [3.63, 3.8) is 0 Å². The lowest BCUT2D eigenvalue weighted by Gasteiger charge is -2.27. The van der Waals surface area contributed by atoms with Crippen LogP contribution >= 0.6 is 11.3 Å². The summed E-state index contributed by atoms with van der Waals surface area (Å²) in [5.41, 5.74) is 6.13. The Hall–Kier alpha value is -0.420. The van der Waals surface area contributed by atoms with Crippen LogP contribution in [0.1, 0.15) is 16.7 Å². The molecule has 1 aliphatic rings. The molecule has 0 spiro atoms. The van der Waals surface area contributed by atoms with Crippen molar-refractivity contribution in [2.45, 2.75) is 31.9 Å². The first-order valence-electron chi connectivity index (χ1n) is 5.82. The quantitative estimate of drug-likeness (QED) is 0.870. The normalized spacial score (nSPS) is 23.2. The predicted octanol–water partition coefficient (Wildman–Crippen LogP) is 1.60. The molecule has 1 aromatic rings. The first-order chi connectivity index (χ1) is 7.79. The third-order valence-electron chi connectivity index (χ3n) is 2.82. The van der Waals surface area contributed by atoms with E-state index in [2.05, 4.69) is 19.1 Å². The molecule has 3 nitrogen and oxygen atoms in total. The maximum atomic E-state index is 6.13. The van der Waals surface area contributed by atoms with Crippen molar-refractivity contribution in [1.82, 2.24) is 0 Å². The van der Waals surface area contributed by atoms with Crippen molar-refractivity contribution in [3.8, 4) is 0 Å². The van der Waals surface area contributed by atoms with Gasteiger partial charge >= 0.3 is 0 Å². The van der Waals surface area contributed by atoms with Crippen LogP contribution in [0, 0.1) is 0 Å². The minimum Gasteiger partial charge on any atom is -0.376 e. The minimum absolute atomic E-state index is 0.0451. The third-order valence-corrected chi connectivity index (χ3v) is 4.07. The molecule has 0 saturated carbocycles. The summed E-state index contributed by atoms with van der Waals surface area (Å²) in [5, 5.41) is 0. The Balaban J connectivity index is 1.87. The van der Waals surface area contributed by atoms with Gasteiger partial charge in [-0.05, 0) is 25.0 Å². The molecule has 1 aromatic heterocycles. The summed E-state index contributed by atoms with van der Waals surface area (Å²) >= 11 is 1.85. The first kappa shape index (κ1) is 12.0. The van der Waals surface area contributed by atoms with E-state index in [0.29, 0.717) is 19.8 Å². The Morgan fingerprint density at radius 3 is 2.88 bits per heavy atom. The highest BCUT2D eigenvalue weighted by Gasteiger charge is 2.22. The minimum atomic E-state index is 0.0451. The fraction of sp³-hybridized carbons (Fsp3) is 0.667. The number of aryl methyl sites for hydroxylation is 1. The summed E-state index contributed by atoms with van der Waals surface area (Å²) in [7, 11) is 0. The summed E-state index contributed by atoms with van der Waals surface area (Å²) in [5.74, 6) is 0. The molecular weight excluding hydrogens is 222 g/mol. The summed E-state index contributed by atoms with van der Waals surface area (Å²) in [6, 6.07) is 4.40. The molecule has 2 rings (SSSR count). The standard InChI is InChI=1S/C12H19NO2S/c1-2-9-3-4-10(16-9)7-11(13)12-8-14-5-6-15-12/h3-4,11-12H,2,5-8,13H2,1H3. The SMILES string of the molecule is CCc1ccc(CC(N)C2COCCO2)s1. The molecule has 2 N–H and O–H groups in total. The van der Waals surface area contributed by atoms with Crippen LogP contribution in [0.15, 0.2) is 12.1 Å². The van der Waals surface area contributed by atoms with Gasteiger partial charge in [-0.2, -0.15) is 0 Å². The molecule has 2 atom stereocenters. The van der Waals surface area contributed by atoms with Crippen LogP contribution in [0.4, 0.5) is 0 Å². The van der Waals surface area contributed by atoms with Gasteiger partial charge in [0, 0.05) is 15.8 Å². The van der Waals surface area contributed by atoms with Gasteiger partial charge < -0.3 is 15.2 Å². The van der Waals surface area contributed by atoms with E-state index in [1.165, 1.54) is 9.75 Å². The lowest BCUT2D eigenvalue weighted by atomic mass is 10.1. The van der Waals surface area contributed by atoms with Gasteiger partial charge in [0.2, 0.25) is 0 Å². The zero-order valence-corrected chi connectivity index (χ0v) is 10.5. The molecule has 1 aliphatic heterocycles. The predicted molar refractivity (Wildman–Crippen MR) is 65.9 cm³/mol. The van der Waals surface area contributed by atoms with Gasteiger partial charge in [0.25, 0.3) is 0 Å². The van der Waals surface area contributed by atoms with Gasteiger partial charge in [0.05, 0.1) is 25.9 Å². The average Bonchev–Trinajstić information content (AvgIpc) is 2.78. The number of ether oxygens (including phenoxy) is 2. The number of thiophene rings is 1. The highest BCUT2D eigenvalue weighted by molar-refractivity contribution is 7.11. The molecule has 0 radical (unpaired) electrons. The smallest absolute Gasteiger partial charge is 0.0963 e. The summed E-state index contributed by atoms with van der Waals surface area (Å²) in [6.45, 7) is 4.17. The first-order valence-corrected chi connectivity index (χ1v) is 6.63. The fourth-order valence-corrected chi connectivity index (χ4v) is 2.87. The van der Waals surface area contributed by atoms with Gasteiger partial charge in [-0.1, -0.05) is 6.92 Å². The van der Waals surface area contributed by atoms with Crippen molar-refractivity contribution < 1.29 is 9.47 Å². The Labute approximate surface area is 101 Å². The topological polar surface area (TPSA) is 44.5 Å². The molecule has 2 unspecified atom stereocenters. The third kappa shape index (κ3) is 3.04. The van der Waals surface area contributed by atoms with Gasteiger partial charge in [-0.25, -0.2) is 0 Å². The van der Waals surface area contributed by atoms with Gasteiger partial charge in [0.15, 0.2) is 0 Å². The highest BCUT2D eigenvalue weighted by Crippen LogP contribution is 2.19. The number of nitrogens with two attached hydrogens (primary N) is 1. The van der Waals surface area contributed by atoms with E-state index in [9.17, 15) is 0 Å². The largest absolute Gasteiger partial charge is 0.376 e. The van der Waals surface area contributed by atoms with Crippen molar-refractivity contribution in [3.05, 3.63) is 21.9 Å². The van der Waals surface area contributed by atoms with Crippen molar-refractivity contribution in [2.75, 3.05) is 19.8 Å². The molecule has 4 heteroatoms. The van der Waals surface area contributed by atoms with Crippen LogP contribution < -0.4 is 5.73 Å². The summed E-state index contributed by atoms with van der Waals surface area (Å²) in [4.78, 5) is 2.77. The highest BCUT2D eigenvalue weighted by atomic mass is 32.1. The van der Waals surface area contributed by atoms with Crippen LogP contribution in [0.25, 0.3) is 0 Å². The van der Waals surface area contributed by atoms with Crippen LogP contribution in [-0.2, 0) is 22.3 Å². The molecule has 0 bridgehead atoms. The molecule has 0 aliphatic carbocycles. The second-order valence-electron chi connectivity index (χ2n) is 4.07. The monoisotopic (exact) mass is 241 g/mol. The van der Waals surface area contributed by atoms with E-state index >= 15 is 0 Å². The van der Waals surface area contributed by atoms with E-state index in [0.717, 1.165) is 12.8 Å². The zero-order valence-electron chi connectivity index (χ0n) is 9.65. The lowest BCUT2D eigenvalue weighted by molar-refractivity contribution is -0.0966. The zero-order chi connectivity index (χ0) is 11.4. The number of hydrogen-bond donors (Lipinski definition) is 1. The van der Waals surface area contributed by atoms with Gasteiger partial charge in [-0.15, -0.1) is 11.3 Å². The van der Waals surface area contributed by atoms with Gasteiger partial charge in [0.1, 0.15) is 0 Å². The van der Waals surface area contributed by atoms with E-state index < -0.39 is 0 Å². The molecular formula is C12H19NO2S. The van der Waals surface area contributed by atoms with Crippen molar-refractivity contribution in [2.24, 2.45) is 5.73 Å². The summed E-state index contributed by atoms with van der Waals surface area (Å²) < 4.78 is 11.0. The second-order valence-corrected chi connectivity index (χ2v) is 5.33. The van der Waals surface area contributed by atoms with Crippen molar-refractivity contribution in [1.29, 1.82) is 0 Å². The lowest BCUT2D eigenvalue weighted by Crippen LogP contribution is -2.44. The fourth-order valence-electron chi connectivity index (χ4n) is 1.84. The molecule has 2 heterocycles. The van der Waals surface area contributed by atoms with E-state index in [1.807, 2.05) is 11.3 Å². The molecule has 0 aromatic carbocycles. The van der Waals surface area contributed by atoms with Crippen LogP contribution in [0.5, 0.6) is 0 Å². The van der Waals surface area contributed by atoms with Crippen LogP contribution in [0.2, 0.25) is 0 Å². The van der Waals surface area contributed by atoms with Crippen LogP contribution in [0.3, 0.4) is 0 Å². The average molecular weight is 241 g/mol. The second kappa shape index (κ2) is 5.77.